The molecule has 0 amide bonds. The number of rotatable bonds is 2. The molecule has 0 saturated carbocycles. The Balaban J connectivity index is 2.27. The maximum absolute atomic E-state index is 10.0. The van der Waals surface area contributed by atoms with Gasteiger partial charge in [0.2, 0.25) is 0 Å². The molecule has 1 aromatic carbocycles. The molecule has 5 nitrogen and oxygen atoms in total. The molecule has 0 bridgehead atoms. The number of nitrogen functional groups attached to an aromatic ring is 1. The topological polar surface area (TPSA) is 75.5 Å². The lowest BCUT2D eigenvalue weighted by atomic mass is 9.93. The number of anilines is 2. The van der Waals surface area contributed by atoms with Crippen LogP contribution < -0.4 is 21.1 Å². The van der Waals surface area contributed by atoms with E-state index in [2.05, 4.69) is 4.90 Å². The van der Waals surface area contributed by atoms with Crippen molar-refractivity contribution in [3.63, 3.8) is 0 Å². The summed E-state index contributed by atoms with van der Waals surface area (Å²) < 4.78 is 0.214. The first kappa shape index (κ1) is 14.1. The molecule has 1 aliphatic rings. The molecule has 0 unspecified atom stereocenters. The fourth-order valence-corrected chi connectivity index (χ4v) is 2.55. The standard InChI is InChI=1S/C14H25N4O/c1-14(19)7-9-17(10-8-14)11-5-4-6-12(13(11)15)18(2,3)16/h4-6,19H,7-10,15-16H2,1-3H3/q+1. The average Bonchev–Trinajstić information content (AvgIpc) is 2.28. The summed E-state index contributed by atoms with van der Waals surface area (Å²) in [6.07, 6.45) is 1.52. The van der Waals surface area contributed by atoms with Crippen LogP contribution in [0, 0.1) is 0 Å². The second-order valence-electron chi connectivity index (χ2n) is 6.23. The van der Waals surface area contributed by atoms with Crippen molar-refractivity contribution in [3.8, 4) is 0 Å². The van der Waals surface area contributed by atoms with E-state index in [1.165, 1.54) is 0 Å². The molecule has 1 saturated heterocycles. The minimum absolute atomic E-state index is 0.214. The fourth-order valence-electron chi connectivity index (χ4n) is 2.55. The molecule has 0 spiro atoms. The first-order chi connectivity index (χ1) is 8.71. The van der Waals surface area contributed by atoms with Gasteiger partial charge in [0.25, 0.3) is 0 Å². The summed E-state index contributed by atoms with van der Waals surface area (Å²) in [5.41, 5.74) is 8.38. The van der Waals surface area contributed by atoms with Crippen molar-refractivity contribution in [1.82, 2.24) is 4.59 Å². The van der Waals surface area contributed by atoms with Crippen LogP contribution in [0.2, 0.25) is 0 Å². The van der Waals surface area contributed by atoms with Gasteiger partial charge in [-0.05, 0) is 25.8 Å². The summed E-state index contributed by atoms with van der Waals surface area (Å²) in [5, 5.41) is 10.0. The normalized spacial score (nSPS) is 19.5. The van der Waals surface area contributed by atoms with Crippen LogP contribution in [0.25, 0.3) is 0 Å². The quantitative estimate of drug-likeness (QED) is 0.323. The Kier molecular flexibility index (Phi) is 3.47. The highest BCUT2D eigenvalue weighted by atomic mass is 16.3. The van der Waals surface area contributed by atoms with Crippen molar-refractivity contribution in [2.24, 2.45) is 5.84 Å². The molecule has 0 atom stereocenters. The first-order valence-electron chi connectivity index (χ1n) is 6.70. The molecular weight excluding hydrogens is 240 g/mol. The predicted molar refractivity (Wildman–Crippen MR) is 80.8 cm³/mol. The number of benzene rings is 1. The highest BCUT2D eigenvalue weighted by molar-refractivity contribution is 5.80. The maximum Gasteiger partial charge on any atom is 0.176 e. The van der Waals surface area contributed by atoms with Crippen molar-refractivity contribution in [3.05, 3.63) is 18.2 Å². The van der Waals surface area contributed by atoms with Crippen LogP contribution in [0.5, 0.6) is 0 Å². The van der Waals surface area contributed by atoms with Crippen molar-refractivity contribution in [1.29, 1.82) is 0 Å². The number of hydrogen-bond acceptors (Lipinski definition) is 4. The molecule has 5 N–H and O–H groups in total. The summed E-state index contributed by atoms with van der Waals surface area (Å²) in [6, 6.07) is 5.97. The van der Waals surface area contributed by atoms with Gasteiger partial charge in [0.1, 0.15) is 5.69 Å². The molecule has 2 rings (SSSR count). The summed E-state index contributed by atoms with van der Waals surface area (Å²) in [6.45, 7) is 3.53. The summed E-state index contributed by atoms with van der Waals surface area (Å²) >= 11 is 0. The Labute approximate surface area is 115 Å². The van der Waals surface area contributed by atoms with E-state index in [1.54, 1.807) is 0 Å². The van der Waals surface area contributed by atoms with E-state index >= 15 is 0 Å². The van der Waals surface area contributed by atoms with E-state index in [1.807, 2.05) is 39.2 Å². The predicted octanol–water partition coefficient (Wildman–Crippen LogP) is 1.06. The van der Waals surface area contributed by atoms with Crippen molar-refractivity contribution in [2.45, 2.75) is 25.4 Å². The Bertz CT molecular complexity index is 455. The van der Waals surface area contributed by atoms with Crippen LogP contribution in [-0.4, -0.2) is 37.9 Å². The second kappa shape index (κ2) is 4.67. The third-order valence-corrected chi connectivity index (χ3v) is 3.86. The fraction of sp³-hybridized carbons (Fsp3) is 0.571. The highest BCUT2D eigenvalue weighted by Crippen LogP contribution is 2.35. The highest BCUT2D eigenvalue weighted by Gasteiger charge is 2.29. The third kappa shape index (κ3) is 3.00. The largest absolute Gasteiger partial charge is 0.392 e. The van der Waals surface area contributed by atoms with Crippen LogP contribution in [0.4, 0.5) is 17.1 Å². The van der Waals surface area contributed by atoms with Gasteiger partial charge in [0, 0.05) is 19.2 Å². The van der Waals surface area contributed by atoms with Gasteiger partial charge >= 0.3 is 0 Å². The first-order valence-corrected chi connectivity index (χ1v) is 6.70. The van der Waals surface area contributed by atoms with Crippen molar-refractivity contribution >= 4 is 17.1 Å². The molecule has 0 radical (unpaired) electrons. The third-order valence-electron chi connectivity index (χ3n) is 3.86. The summed E-state index contributed by atoms with van der Waals surface area (Å²) in [4.78, 5) is 2.23. The van der Waals surface area contributed by atoms with E-state index in [0.29, 0.717) is 0 Å². The zero-order valence-electron chi connectivity index (χ0n) is 12.1. The minimum atomic E-state index is -0.550. The van der Waals surface area contributed by atoms with Gasteiger partial charge in [0.05, 0.1) is 25.4 Å². The number of para-hydroxylation sites is 1. The van der Waals surface area contributed by atoms with Crippen LogP contribution in [0.1, 0.15) is 19.8 Å². The van der Waals surface area contributed by atoms with E-state index in [-0.39, 0.29) is 4.59 Å². The molecule has 1 heterocycles. The summed E-state index contributed by atoms with van der Waals surface area (Å²) in [7, 11) is 3.80. The lowest BCUT2D eigenvalue weighted by Crippen LogP contribution is -2.48. The number of nitrogens with two attached hydrogens (primary N) is 2. The number of quaternary nitrogens is 1. The van der Waals surface area contributed by atoms with Gasteiger partial charge in [-0.1, -0.05) is 6.07 Å². The molecule has 5 heteroatoms. The van der Waals surface area contributed by atoms with Gasteiger partial charge < -0.3 is 15.7 Å². The summed E-state index contributed by atoms with van der Waals surface area (Å²) in [5.74, 6) is 6.10. The van der Waals surface area contributed by atoms with E-state index in [9.17, 15) is 5.11 Å². The van der Waals surface area contributed by atoms with Gasteiger partial charge in [-0.2, -0.15) is 5.84 Å². The van der Waals surface area contributed by atoms with E-state index in [0.717, 1.165) is 43.0 Å². The lowest BCUT2D eigenvalue weighted by molar-refractivity contribution is 0.0351. The molecule has 1 fully saturated rings. The molecule has 1 aromatic rings. The van der Waals surface area contributed by atoms with Crippen LogP contribution >= 0.6 is 0 Å². The van der Waals surface area contributed by atoms with Gasteiger partial charge in [-0.3, -0.25) is 0 Å². The molecule has 0 aromatic heterocycles. The number of piperidine rings is 1. The Morgan fingerprint density at radius 1 is 1.26 bits per heavy atom. The number of nitrogens with zero attached hydrogens (tertiary/aromatic N) is 2. The Morgan fingerprint density at radius 2 is 1.84 bits per heavy atom. The van der Waals surface area contributed by atoms with Crippen LogP contribution in [0.3, 0.4) is 0 Å². The maximum atomic E-state index is 10.0. The molecule has 0 aliphatic carbocycles. The smallest absolute Gasteiger partial charge is 0.176 e. The van der Waals surface area contributed by atoms with Gasteiger partial charge in [0.15, 0.2) is 5.69 Å². The zero-order valence-corrected chi connectivity index (χ0v) is 12.1. The van der Waals surface area contributed by atoms with Crippen molar-refractivity contribution in [2.75, 3.05) is 37.8 Å². The SMILES string of the molecule is CC1(O)CCN(c2cccc([N+](C)(C)N)c2N)CC1. The van der Waals surface area contributed by atoms with Crippen LogP contribution in [-0.2, 0) is 0 Å². The number of aliphatic hydroxyl groups is 1. The van der Waals surface area contributed by atoms with Gasteiger partial charge in [-0.25, -0.2) is 4.59 Å². The van der Waals surface area contributed by atoms with Crippen LogP contribution in [0.15, 0.2) is 18.2 Å². The molecule has 106 valence electrons. The number of hydrogen-bond donors (Lipinski definition) is 3. The molecular formula is C14H25N4O+. The lowest BCUT2D eigenvalue weighted by Gasteiger charge is -2.38. The second-order valence-corrected chi connectivity index (χ2v) is 6.23. The van der Waals surface area contributed by atoms with Gasteiger partial charge in [-0.15, -0.1) is 0 Å². The average molecular weight is 265 g/mol. The minimum Gasteiger partial charge on any atom is -0.392 e. The Hall–Kier alpha value is -1.30. The molecule has 19 heavy (non-hydrogen) atoms. The molecule has 1 aliphatic heterocycles. The van der Waals surface area contributed by atoms with Crippen molar-refractivity contribution < 1.29 is 5.11 Å². The Morgan fingerprint density at radius 3 is 2.37 bits per heavy atom. The monoisotopic (exact) mass is 265 g/mol. The van der Waals surface area contributed by atoms with E-state index in [4.69, 9.17) is 11.6 Å². The van der Waals surface area contributed by atoms with E-state index < -0.39 is 5.60 Å². The zero-order chi connectivity index (χ0) is 14.3.